The second-order valence-electron chi connectivity index (χ2n) is 16.8. The Morgan fingerprint density at radius 3 is 0.906 bits per heavy atom. The van der Waals surface area contributed by atoms with Gasteiger partial charge in [0.25, 0.3) is 0 Å². The highest BCUT2D eigenvalue weighted by Gasteiger charge is 2.28. The van der Waals surface area contributed by atoms with Crippen molar-refractivity contribution in [2.24, 2.45) is 0 Å². The number of rotatable bonds is 44. The van der Waals surface area contributed by atoms with Crippen molar-refractivity contribution in [1.82, 2.24) is 5.32 Å². The number of aliphatic hydroxyl groups is 4. The molecule has 0 rings (SSSR count). The second-order valence-corrected chi connectivity index (χ2v) is 16.8. The van der Waals surface area contributed by atoms with Crippen LogP contribution in [0.15, 0.2) is 0 Å². The van der Waals surface area contributed by atoms with Crippen molar-refractivity contribution in [3.05, 3.63) is 0 Å². The summed E-state index contributed by atoms with van der Waals surface area (Å²) in [5, 5.41) is 43.6. The molecule has 0 fully saturated rings. The molecule has 4 atom stereocenters. The fourth-order valence-corrected chi connectivity index (χ4v) is 7.76. The van der Waals surface area contributed by atoms with Crippen molar-refractivity contribution in [3.63, 3.8) is 0 Å². The molecule has 1 amide bonds. The first-order valence-electron chi connectivity index (χ1n) is 23.9. The summed E-state index contributed by atoms with van der Waals surface area (Å²) in [6.45, 7) is 4.06. The monoisotopic (exact) mass is 754 g/mol. The van der Waals surface area contributed by atoms with Crippen LogP contribution in [0.4, 0.5) is 0 Å². The third kappa shape index (κ3) is 36.7. The molecule has 6 heteroatoms. The topological polar surface area (TPSA) is 110 Å². The molecule has 0 spiro atoms. The Labute approximate surface area is 330 Å². The molecule has 0 aromatic rings. The molecule has 0 saturated heterocycles. The molecule has 6 nitrogen and oxygen atoms in total. The minimum absolute atomic E-state index is 0.376. The van der Waals surface area contributed by atoms with Gasteiger partial charge in [0, 0.05) is 0 Å². The standard InChI is InChI=1S/C47H95NO5/c1-3-5-7-9-11-13-15-16-17-18-19-20-21-22-23-24-25-26-27-28-29-31-33-35-37-39-41-45(51)47(53)48-43(42-49)46(52)44(50)40-38-36-34-32-30-14-12-10-8-6-4-2/h43-46,49-52H,3-42H2,1-2H3,(H,48,53). The van der Waals surface area contributed by atoms with Gasteiger partial charge in [0.15, 0.2) is 0 Å². The van der Waals surface area contributed by atoms with Crippen LogP contribution in [-0.4, -0.2) is 57.3 Å². The van der Waals surface area contributed by atoms with Crippen LogP contribution in [0.2, 0.25) is 0 Å². The lowest BCUT2D eigenvalue weighted by Crippen LogP contribution is -2.53. The van der Waals surface area contributed by atoms with Gasteiger partial charge in [0.1, 0.15) is 12.2 Å². The number of unbranched alkanes of at least 4 members (excludes halogenated alkanes) is 35. The Morgan fingerprint density at radius 1 is 0.396 bits per heavy atom. The zero-order valence-corrected chi connectivity index (χ0v) is 35.8. The zero-order chi connectivity index (χ0) is 38.9. The number of amides is 1. The van der Waals surface area contributed by atoms with Gasteiger partial charge in [-0.15, -0.1) is 0 Å². The molecule has 0 aromatic carbocycles. The molecule has 0 heterocycles. The zero-order valence-electron chi connectivity index (χ0n) is 35.8. The van der Waals surface area contributed by atoms with Crippen molar-refractivity contribution < 1.29 is 25.2 Å². The summed E-state index contributed by atoms with van der Waals surface area (Å²) < 4.78 is 0. The van der Waals surface area contributed by atoms with Gasteiger partial charge in [0.05, 0.1) is 18.8 Å². The van der Waals surface area contributed by atoms with Crippen LogP contribution in [0.3, 0.4) is 0 Å². The molecule has 318 valence electrons. The molecular weight excluding hydrogens is 659 g/mol. The average Bonchev–Trinajstić information content (AvgIpc) is 3.16. The predicted molar refractivity (Wildman–Crippen MR) is 228 cm³/mol. The first kappa shape index (κ1) is 52.3. The van der Waals surface area contributed by atoms with Gasteiger partial charge >= 0.3 is 0 Å². The molecule has 53 heavy (non-hydrogen) atoms. The molecule has 0 aromatic heterocycles. The van der Waals surface area contributed by atoms with E-state index in [9.17, 15) is 25.2 Å². The maximum Gasteiger partial charge on any atom is 0.249 e. The Kier molecular flexibility index (Phi) is 41.9. The molecule has 0 bridgehead atoms. The van der Waals surface area contributed by atoms with Crippen LogP contribution in [0.25, 0.3) is 0 Å². The van der Waals surface area contributed by atoms with Crippen LogP contribution in [0.1, 0.15) is 264 Å². The highest BCUT2D eigenvalue weighted by molar-refractivity contribution is 5.80. The van der Waals surface area contributed by atoms with E-state index < -0.39 is 36.9 Å². The van der Waals surface area contributed by atoms with Gasteiger partial charge in [-0.05, 0) is 12.8 Å². The van der Waals surface area contributed by atoms with Crippen molar-refractivity contribution in [1.29, 1.82) is 0 Å². The van der Waals surface area contributed by atoms with Gasteiger partial charge in [0.2, 0.25) is 5.91 Å². The highest BCUT2D eigenvalue weighted by Crippen LogP contribution is 2.18. The van der Waals surface area contributed by atoms with Crippen molar-refractivity contribution in [2.45, 2.75) is 289 Å². The molecule has 5 N–H and O–H groups in total. The van der Waals surface area contributed by atoms with Crippen LogP contribution >= 0.6 is 0 Å². The van der Waals surface area contributed by atoms with Crippen LogP contribution in [0.5, 0.6) is 0 Å². The summed E-state index contributed by atoms with van der Waals surface area (Å²) in [7, 11) is 0. The van der Waals surface area contributed by atoms with E-state index in [2.05, 4.69) is 19.2 Å². The van der Waals surface area contributed by atoms with E-state index in [-0.39, 0.29) is 0 Å². The Bertz CT molecular complexity index is 721. The summed E-state index contributed by atoms with van der Waals surface area (Å²) in [6.07, 6.45) is 45.8. The minimum atomic E-state index is -1.25. The minimum Gasteiger partial charge on any atom is -0.394 e. The number of carbonyl (C=O) groups is 1. The first-order valence-corrected chi connectivity index (χ1v) is 23.9. The van der Waals surface area contributed by atoms with E-state index in [0.29, 0.717) is 12.8 Å². The molecule has 0 radical (unpaired) electrons. The largest absolute Gasteiger partial charge is 0.394 e. The third-order valence-electron chi connectivity index (χ3n) is 11.6. The lowest BCUT2D eigenvalue weighted by atomic mass is 9.99. The normalized spacial score (nSPS) is 14.0. The predicted octanol–water partition coefficient (Wildman–Crippen LogP) is 12.8. The lowest BCUT2D eigenvalue weighted by Gasteiger charge is -2.27. The number of carbonyl (C=O) groups excluding carboxylic acids is 1. The number of hydrogen-bond acceptors (Lipinski definition) is 5. The molecule has 0 aliphatic heterocycles. The molecule has 0 aliphatic carbocycles. The van der Waals surface area contributed by atoms with Gasteiger partial charge in [-0.1, -0.05) is 251 Å². The van der Waals surface area contributed by atoms with E-state index in [0.717, 1.165) is 38.5 Å². The van der Waals surface area contributed by atoms with E-state index >= 15 is 0 Å². The van der Waals surface area contributed by atoms with Crippen molar-refractivity contribution >= 4 is 5.91 Å². The Morgan fingerprint density at radius 2 is 0.642 bits per heavy atom. The van der Waals surface area contributed by atoms with Gasteiger partial charge in [-0.25, -0.2) is 0 Å². The molecular formula is C47H95NO5. The Balaban J connectivity index is 3.57. The number of hydrogen-bond donors (Lipinski definition) is 5. The maximum atomic E-state index is 12.5. The highest BCUT2D eigenvalue weighted by atomic mass is 16.3. The van der Waals surface area contributed by atoms with E-state index in [1.807, 2.05) is 0 Å². The fourth-order valence-electron chi connectivity index (χ4n) is 7.76. The Hall–Kier alpha value is -0.690. The molecule has 0 saturated carbocycles. The summed E-state index contributed by atoms with van der Waals surface area (Å²) >= 11 is 0. The molecule has 4 unspecified atom stereocenters. The van der Waals surface area contributed by atoms with Crippen LogP contribution in [0, 0.1) is 0 Å². The van der Waals surface area contributed by atoms with Crippen LogP contribution in [-0.2, 0) is 4.79 Å². The van der Waals surface area contributed by atoms with E-state index in [4.69, 9.17) is 0 Å². The summed E-state index contributed by atoms with van der Waals surface area (Å²) in [6, 6.07) is -0.978. The van der Waals surface area contributed by atoms with Gasteiger partial charge < -0.3 is 25.7 Å². The van der Waals surface area contributed by atoms with E-state index in [1.165, 1.54) is 199 Å². The maximum absolute atomic E-state index is 12.5. The first-order chi connectivity index (χ1) is 26.0. The number of nitrogens with one attached hydrogen (secondary N) is 1. The molecule has 0 aliphatic rings. The smallest absolute Gasteiger partial charge is 0.249 e. The van der Waals surface area contributed by atoms with Crippen molar-refractivity contribution in [2.75, 3.05) is 6.61 Å². The van der Waals surface area contributed by atoms with Crippen LogP contribution < -0.4 is 5.32 Å². The summed E-state index contributed by atoms with van der Waals surface area (Å²) in [5.74, 6) is -0.579. The third-order valence-corrected chi connectivity index (χ3v) is 11.6. The second kappa shape index (κ2) is 42.5. The van der Waals surface area contributed by atoms with Gasteiger partial charge in [-0.2, -0.15) is 0 Å². The summed E-state index contributed by atoms with van der Waals surface area (Å²) in [5.41, 5.74) is 0. The fraction of sp³-hybridized carbons (Fsp3) is 0.979. The average molecular weight is 754 g/mol. The summed E-state index contributed by atoms with van der Waals surface area (Å²) in [4.78, 5) is 12.5. The quantitative estimate of drug-likeness (QED) is 0.0398. The van der Waals surface area contributed by atoms with Gasteiger partial charge in [-0.3, -0.25) is 4.79 Å². The van der Waals surface area contributed by atoms with Crippen molar-refractivity contribution in [3.8, 4) is 0 Å². The SMILES string of the molecule is CCCCCCCCCCCCCCCCCCCCCCCCCCCCC(O)C(=O)NC(CO)C(O)C(O)CCCCCCCCCCCCC. The van der Waals surface area contributed by atoms with E-state index in [1.54, 1.807) is 0 Å². The number of aliphatic hydroxyl groups excluding tert-OH is 4. The lowest BCUT2D eigenvalue weighted by molar-refractivity contribution is -0.132.